The molecule has 1 saturated heterocycles. The van der Waals surface area contributed by atoms with Gasteiger partial charge in [-0.15, -0.1) is 0 Å². The fourth-order valence-electron chi connectivity index (χ4n) is 4.79. The van der Waals surface area contributed by atoms with E-state index in [4.69, 9.17) is 0 Å². The van der Waals surface area contributed by atoms with Gasteiger partial charge in [0.25, 0.3) is 5.91 Å². The lowest BCUT2D eigenvalue weighted by Crippen LogP contribution is -2.36. The lowest BCUT2D eigenvalue weighted by Gasteiger charge is -2.26. The number of hydrogen-bond donors (Lipinski definition) is 0. The van der Waals surface area contributed by atoms with Gasteiger partial charge in [0.05, 0.1) is 11.1 Å². The van der Waals surface area contributed by atoms with Gasteiger partial charge in [0.2, 0.25) is 0 Å². The minimum absolute atomic E-state index is 0.0539. The van der Waals surface area contributed by atoms with Gasteiger partial charge in [-0.1, -0.05) is 0 Å². The van der Waals surface area contributed by atoms with E-state index in [1.807, 2.05) is 0 Å². The molecule has 0 radical (unpaired) electrons. The second kappa shape index (κ2) is 8.45. The molecule has 5 rings (SSSR count). The molecule has 0 N–H and O–H groups in total. The average molecular weight is 470 g/mol. The third-order valence-electron chi connectivity index (χ3n) is 6.73. The number of benzene rings is 1. The number of rotatable bonds is 5. The van der Waals surface area contributed by atoms with Crippen LogP contribution < -0.4 is 0 Å². The van der Waals surface area contributed by atoms with Crippen molar-refractivity contribution in [2.24, 2.45) is 5.41 Å². The Morgan fingerprint density at radius 1 is 1.06 bits per heavy atom. The molecule has 1 spiro atoms. The molecule has 3 aromatic rings. The summed E-state index contributed by atoms with van der Waals surface area (Å²) in [5.41, 5.74) is 0.289. The van der Waals surface area contributed by atoms with E-state index in [9.17, 15) is 22.4 Å². The van der Waals surface area contributed by atoms with Crippen LogP contribution in [-0.2, 0) is 12.6 Å². The first kappa shape index (κ1) is 22.4. The van der Waals surface area contributed by atoms with Gasteiger partial charge in [-0.3, -0.25) is 9.78 Å². The number of amides is 1. The summed E-state index contributed by atoms with van der Waals surface area (Å²) in [6.07, 6.45) is 3.43. The molecule has 2 fully saturated rings. The summed E-state index contributed by atoms with van der Waals surface area (Å²) >= 11 is 0. The number of nitrogens with zero attached hydrogens (tertiary/aromatic N) is 4. The van der Waals surface area contributed by atoms with Crippen LogP contribution in [0.15, 0.2) is 55.0 Å². The SMILES string of the molecule is O=C(c1cc(F)ccc1-c1ncccn1)N1CC2(CC2)C[C@H]1CCc1cc(C(F)(F)F)ccn1. The van der Waals surface area contributed by atoms with Crippen LogP contribution >= 0.6 is 0 Å². The highest BCUT2D eigenvalue weighted by atomic mass is 19.4. The molecule has 9 heteroatoms. The predicted molar refractivity (Wildman–Crippen MR) is 116 cm³/mol. The zero-order chi connectivity index (χ0) is 23.9. The molecule has 5 nitrogen and oxygen atoms in total. The summed E-state index contributed by atoms with van der Waals surface area (Å²) in [5, 5.41) is 0. The Kier molecular flexibility index (Phi) is 5.58. The van der Waals surface area contributed by atoms with Crippen LogP contribution in [0.25, 0.3) is 11.4 Å². The predicted octanol–water partition coefficient (Wildman–Crippen LogP) is 5.32. The zero-order valence-corrected chi connectivity index (χ0v) is 18.2. The smallest absolute Gasteiger partial charge is 0.335 e. The minimum Gasteiger partial charge on any atom is -0.335 e. The number of carbonyl (C=O) groups excluding carboxylic acids is 1. The van der Waals surface area contributed by atoms with Crippen molar-refractivity contribution in [3.05, 3.63) is 77.6 Å². The van der Waals surface area contributed by atoms with Gasteiger partial charge in [0.1, 0.15) is 5.82 Å². The standard InChI is InChI=1S/C25H22F4N4O/c26-17-2-5-20(22-31-9-1-10-32-22)21(13-17)23(34)33-15-24(7-8-24)14-19(33)4-3-18-12-16(6-11-30-18)25(27,28)29/h1-2,5-6,9-13,19H,3-4,7-8,14-15H2/t19-/m1/s1. The monoisotopic (exact) mass is 470 g/mol. The van der Waals surface area contributed by atoms with Gasteiger partial charge in [0.15, 0.2) is 5.82 Å². The lowest BCUT2D eigenvalue weighted by atomic mass is 9.99. The topological polar surface area (TPSA) is 59.0 Å². The van der Waals surface area contributed by atoms with Crippen molar-refractivity contribution in [3.8, 4) is 11.4 Å². The van der Waals surface area contributed by atoms with Crippen molar-refractivity contribution in [3.63, 3.8) is 0 Å². The molecule has 0 bridgehead atoms. The molecule has 1 aliphatic carbocycles. The summed E-state index contributed by atoms with van der Waals surface area (Å²) in [7, 11) is 0. The molecule has 1 saturated carbocycles. The maximum absolute atomic E-state index is 14.2. The number of aryl methyl sites for hydroxylation is 1. The van der Waals surface area contributed by atoms with E-state index < -0.39 is 17.6 Å². The molecule has 1 aromatic carbocycles. The molecule has 1 aliphatic heterocycles. The van der Waals surface area contributed by atoms with Crippen molar-refractivity contribution in [2.45, 2.75) is 44.3 Å². The van der Waals surface area contributed by atoms with Gasteiger partial charge in [-0.2, -0.15) is 13.2 Å². The van der Waals surface area contributed by atoms with Crippen LogP contribution in [0, 0.1) is 11.2 Å². The lowest BCUT2D eigenvalue weighted by molar-refractivity contribution is -0.137. The van der Waals surface area contributed by atoms with E-state index in [2.05, 4.69) is 15.0 Å². The van der Waals surface area contributed by atoms with Crippen LogP contribution in [0.1, 0.15) is 47.3 Å². The number of carbonyl (C=O) groups is 1. The Hall–Kier alpha value is -3.36. The Labute approximate surface area is 193 Å². The van der Waals surface area contributed by atoms with Gasteiger partial charge in [0, 0.05) is 42.4 Å². The third-order valence-corrected chi connectivity index (χ3v) is 6.73. The summed E-state index contributed by atoms with van der Waals surface area (Å²) in [6, 6.07) is 7.48. The number of halogens is 4. The molecular weight excluding hydrogens is 448 g/mol. The van der Waals surface area contributed by atoms with Crippen LogP contribution in [-0.4, -0.2) is 38.3 Å². The van der Waals surface area contributed by atoms with E-state index in [0.29, 0.717) is 36.5 Å². The molecule has 1 amide bonds. The highest BCUT2D eigenvalue weighted by Crippen LogP contribution is 2.55. The summed E-state index contributed by atoms with van der Waals surface area (Å²) in [4.78, 5) is 27.9. The quantitative estimate of drug-likeness (QED) is 0.474. The maximum atomic E-state index is 14.2. The number of alkyl halides is 3. The maximum Gasteiger partial charge on any atom is 0.416 e. The van der Waals surface area contributed by atoms with Crippen LogP contribution in [0.4, 0.5) is 17.6 Å². The number of hydrogen-bond acceptors (Lipinski definition) is 4. The van der Waals surface area contributed by atoms with Crippen LogP contribution in [0.2, 0.25) is 0 Å². The van der Waals surface area contributed by atoms with Gasteiger partial charge in [-0.25, -0.2) is 14.4 Å². The van der Waals surface area contributed by atoms with Crippen molar-refractivity contribution in [1.29, 1.82) is 0 Å². The Bertz CT molecular complexity index is 1210. The Morgan fingerprint density at radius 3 is 2.53 bits per heavy atom. The molecule has 1 atom stereocenters. The normalized spacial score (nSPS) is 18.9. The molecule has 2 aliphatic rings. The van der Waals surface area contributed by atoms with Crippen molar-refractivity contribution >= 4 is 5.91 Å². The van der Waals surface area contributed by atoms with E-state index in [0.717, 1.165) is 37.6 Å². The molecule has 3 heterocycles. The van der Waals surface area contributed by atoms with E-state index in [-0.39, 0.29) is 22.9 Å². The number of pyridine rings is 1. The molecule has 34 heavy (non-hydrogen) atoms. The largest absolute Gasteiger partial charge is 0.416 e. The van der Waals surface area contributed by atoms with E-state index >= 15 is 0 Å². The van der Waals surface area contributed by atoms with Gasteiger partial charge >= 0.3 is 6.18 Å². The summed E-state index contributed by atoms with van der Waals surface area (Å²) in [6.45, 7) is 0.554. The van der Waals surface area contributed by atoms with Crippen LogP contribution in [0.5, 0.6) is 0 Å². The highest BCUT2D eigenvalue weighted by molar-refractivity contribution is 6.00. The average Bonchev–Trinajstić information content (AvgIpc) is 3.48. The second-order valence-corrected chi connectivity index (χ2v) is 9.13. The van der Waals surface area contributed by atoms with Crippen LogP contribution in [0.3, 0.4) is 0 Å². The summed E-state index contributed by atoms with van der Waals surface area (Å²) < 4.78 is 53.4. The first-order valence-corrected chi connectivity index (χ1v) is 11.1. The Morgan fingerprint density at radius 2 is 1.82 bits per heavy atom. The summed E-state index contributed by atoms with van der Waals surface area (Å²) in [5.74, 6) is -0.517. The molecular formula is C25H22F4N4O. The zero-order valence-electron chi connectivity index (χ0n) is 18.2. The highest BCUT2D eigenvalue weighted by Gasteiger charge is 2.53. The van der Waals surface area contributed by atoms with E-state index in [1.54, 1.807) is 23.4 Å². The van der Waals surface area contributed by atoms with Crippen molar-refractivity contribution < 1.29 is 22.4 Å². The first-order chi connectivity index (χ1) is 16.2. The minimum atomic E-state index is -4.43. The molecule has 176 valence electrons. The van der Waals surface area contributed by atoms with Gasteiger partial charge < -0.3 is 4.90 Å². The van der Waals surface area contributed by atoms with Crippen molar-refractivity contribution in [1.82, 2.24) is 19.9 Å². The molecule has 2 aromatic heterocycles. The van der Waals surface area contributed by atoms with E-state index in [1.165, 1.54) is 18.2 Å². The third kappa shape index (κ3) is 4.51. The Balaban J connectivity index is 1.40. The second-order valence-electron chi connectivity index (χ2n) is 9.13. The number of aromatic nitrogens is 3. The molecule has 0 unspecified atom stereocenters. The van der Waals surface area contributed by atoms with Gasteiger partial charge in [-0.05, 0) is 73.9 Å². The first-order valence-electron chi connectivity index (χ1n) is 11.1. The number of likely N-dealkylation sites (tertiary alicyclic amines) is 1. The van der Waals surface area contributed by atoms with Crippen molar-refractivity contribution in [2.75, 3.05) is 6.54 Å². The fraction of sp³-hybridized carbons (Fsp3) is 0.360. The fourth-order valence-corrected chi connectivity index (χ4v) is 4.79.